The number of hydrogen-bond donors (Lipinski definition) is 0. The largest absolute Gasteiger partial charge is 0.303 e. The van der Waals surface area contributed by atoms with Crippen molar-refractivity contribution in [3.05, 3.63) is 34.6 Å². The van der Waals surface area contributed by atoms with Crippen LogP contribution in [0.1, 0.15) is 18.9 Å². The molecule has 1 nitrogen and oxygen atoms in total. The van der Waals surface area contributed by atoms with E-state index in [-0.39, 0.29) is 11.7 Å². The molecule has 0 radical (unpaired) electrons. The molecular formula is C11H12ClFO. The van der Waals surface area contributed by atoms with E-state index in [1.165, 1.54) is 18.2 Å². The second-order valence-electron chi connectivity index (χ2n) is 3.39. The summed E-state index contributed by atoms with van der Waals surface area (Å²) >= 11 is 5.87. The number of rotatable bonds is 4. The summed E-state index contributed by atoms with van der Waals surface area (Å²) in [7, 11) is 0. The average Bonchev–Trinajstić information content (AvgIpc) is 2.19. The first-order valence-corrected chi connectivity index (χ1v) is 4.90. The molecule has 1 atom stereocenters. The maximum Gasteiger partial charge on any atom is 0.123 e. The Hall–Kier alpha value is -0.890. The first-order chi connectivity index (χ1) is 6.63. The summed E-state index contributed by atoms with van der Waals surface area (Å²) in [6, 6.07) is 4.28. The molecule has 0 saturated heterocycles. The van der Waals surface area contributed by atoms with Crippen LogP contribution >= 0.6 is 11.6 Å². The third kappa shape index (κ3) is 3.11. The summed E-state index contributed by atoms with van der Waals surface area (Å²) in [5.74, 6) is -0.294. The van der Waals surface area contributed by atoms with Crippen LogP contribution in [0, 0.1) is 11.7 Å². The van der Waals surface area contributed by atoms with Crippen molar-refractivity contribution < 1.29 is 9.18 Å². The lowest BCUT2D eigenvalue weighted by Gasteiger charge is -2.05. The van der Waals surface area contributed by atoms with Gasteiger partial charge in [-0.3, -0.25) is 0 Å². The minimum Gasteiger partial charge on any atom is -0.303 e. The van der Waals surface area contributed by atoms with E-state index in [0.29, 0.717) is 17.9 Å². The second kappa shape index (κ2) is 5.11. The molecule has 14 heavy (non-hydrogen) atoms. The van der Waals surface area contributed by atoms with Crippen LogP contribution in [-0.2, 0) is 11.2 Å². The summed E-state index contributed by atoms with van der Waals surface area (Å²) < 4.78 is 12.8. The van der Waals surface area contributed by atoms with Crippen LogP contribution in [0.2, 0.25) is 5.02 Å². The van der Waals surface area contributed by atoms with Crippen molar-refractivity contribution in [1.29, 1.82) is 0 Å². The van der Waals surface area contributed by atoms with E-state index in [4.69, 9.17) is 11.6 Å². The fourth-order valence-corrected chi connectivity index (χ4v) is 1.40. The van der Waals surface area contributed by atoms with Gasteiger partial charge in [0.05, 0.1) is 0 Å². The lowest BCUT2D eigenvalue weighted by Crippen LogP contribution is -1.99. The highest BCUT2D eigenvalue weighted by atomic mass is 35.5. The number of aldehydes is 1. The average molecular weight is 215 g/mol. The molecule has 0 bridgehead atoms. The van der Waals surface area contributed by atoms with Crippen LogP contribution in [0.25, 0.3) is 0 Å². The van der Waals surface area contributed by atoms with Gasteiger partial charge in [0.2, 0.25) is 0 Å². The summed E-state index contributed by atoms with van der Waals surface area (Å²) in [6.07, 6.45) is 2.23. The highest BCUT2D eigenvalue weighted by molar-refractivity contribution is 6.31. The van der Waals surface area contributed by atoms with Crippen molar-refractivity contribution in [2.75, 3.05) is 0 Å². The minimum absolute atomic E-state index is 0.00525. The van der Waals surface area contributed by atoms with Gasteiger partial charge in [0.15, 0.2) is 0 Å². The zero-order valence-electron chi connectivity index (χ0n) is 7.97. The number of aryl methyl sites for hydroxylation is 1. The maximum absolute atomic E-state index is 12.8. The first-order valence-electron chi connectivity index (χ1n) is 4.52. The standard InChI is InChI=1S/C11H12ClFO/c1-8(7-14)2-3-9-6-10(13)4-5-11(9)12/h4-8H,2-3H2,1H3. The van der Waals surface area contributed by atoms with Gasteiger partial charge in [0.1, 0.15) is 12.1 Å². The second-order valence-corrected chi connectivity index (χ2v) is 3.79. The zero-order chi connectivity index (χ0) is 10.6. The summed E-state index contributed by atoms with van der Waals surface area (Å²) in [5, 5.41) is 0.560. The SMILES string of the molecule is CC(C=O)CCc1cc(F)ccc1Cl. The van der Waals surface area contributed by atoms with E-state index in [2.05, 4.69) is 0 Å². The Kier molecular flexibility index (Phi) is 4.08. The van der Waals surface area contributed by atoms with Crippen LogP contribution in [0.15, 0.2) is 18.2 Å². The third-order valence-corrected chi connectivity index (χ3v) is 2.48. The summed E-state index contributed by atoms with van der Waals surface area (Å²) in [6.45, 7) is 1.83. The van der Waals surface area contributed by atoms with Gasteiger partial charge in [-0.2, -0.15) is 0 Å². The Morgan fingerprint density at radius 2 is 2.29 bits per heavy atom. The molecule has 1 unspecified atom stereocenters. The van der Waals surface area contributed by atoms with Gasteiger partial charge in [0, 0.05) is 10.9 Å². The lowest BCUT2D eigenvalue weighted by atomic mass is 10.0. The monoisotopic (exact) mass is 214 g/mol. The predicted molar refractivity (Wildman–Crippen MR) is 55.0 cm³/mol. The van der Waals surface area contributed by atoms with Gasteiger partial charge < -0.3 is 4.79 Å². The van der Waals surface area contributed by atoms with E-state index in [1.54, 1.807) is 0 Å². The Morgan fingerprint density at radius 3 is 2.93 bits per heavy atom. The molecule has 0 amide bonds. The Labute approximate surface area is 87.9 Å². The molecule has 0 aliphatic rings. The molecular weight excluding hydrogens is 203 g/mol. The fraction of sp³-hybridized carbons (Fsp3) is 0.364. The lowest BCUT2D eigenvalue weighted by molar-refractivity contribution is -0.110. The van der Waals surface area contributed by atoms with E-state index in [9.17, 15) is 9.18 Å². The number of carbonyl (C=O) groups is 1. The van der Waals surface area contributed by atoms with Gasteiger partial charge in [-0.25, -0.2) is 4.39 Å². The quantitative estimate of drug-likeness (QED) is 0.704. The van der Waals surface area contributed by atoms with E-state index >= 15 is 0 Å². The van der Waals surface area contributed by atoms with Crippen molar-refractivity contribution >= 4 is 17.9 Å². The fourth-order valence-electron chi connectivity index (χ4n) is 1.19. The van der Waals surface area contributed by atoms with E-state index in [0.717, 1.165) is 11.8 Å². The van der Waals surface area contributed by atoms with Crippen LogP contribution in [0.4, 0.5) is 4.39 Å². The molecule has 0 heterocycles. The number of benzene rings is 1. The molecule has 1 rings (SSSR count). The van der Waals surface area contributed by atoms with Gasteiger partial charge in [-0.05, 0) is 36.6 Å². The van der Waals surface area contributed by atoms with Gasteiger partial charge >= 0.3 is 0 Å². The predicted octanol–water partition coefficient (Wildman–Crippen LogP) is 3.25. The maximum atomic E-state index is 12.8. The summed E-state index contributed by atoms with van der Waals surface area (Å²) in [4.78, 5) is 10.4. The van der Waals surface area contributed by atoms with Gasteiger partial charge in [-0.15, -0.1) is 0 Å². The Bertz CT molecular complexity index is 325. The smallest absolute Gasteiger partial charge is 0.123 e. The van der Waals surface area contributed by atoms with Crippen molar-refractivity contribution in [2.45, 2.75) is 19.8 Å². The Morgan fingerprint density at radius 1 is 1.57 bits per heavy atom. The van der Waals surface area contributed by atoms with Crippen molar-refractivity contribution in [3.63, 3.8) is 0 Å². The first kappa shape index (κ1) is 11.2. The zero-order valence-corrected chi connectivity index (χ0v) is 8.72. The topological polar surface area (TPSA) is 17.1 Å². The molecule has 0 aliphatic carbocycles. The normalized spacial score (nSPS) is 12.5. The minimum atomic E-state index is -0.289. The molecule has 76 valence electrons. The molecule has 0 saturated carbocycles. The molecule has 0 fully saturated rings. The van der Waals surface area contributed by atoms with Crippen LogP contribution in [-0.4, -0.2) is 6.29 Å². The molecule has 1 aromatic carbocycles. The molecule has 1 aromatic rings. The number of halogens is 2. The Balaban J connectivity index is 2.66. The number of carbonyl (C=O) groups excluding carboxylic acids is 1. The van der Waals surface area contributed by atoms with Crippen LogP contribution < -0.4 is 0 Å². The highest BCUT2D eigenvalue weighted by Gasteiger charge is 2.05. The van der Waals surface area contributed by atoms with Crippen LogP contribution in [0.3, 0.4) is 0 Å². The van der Waals surface area contributed by atoms with Crippen molar-refractivity contribution in [1.82, 2.24) is 0 Å². The van der Waals surface area contributed by atoms with Crippen molar-refractivity contribution in [3.8, 4) is 0 Å². The van der Waals surface area contributed by atoms with Gasteiger partial charge in [-0.1, -0.05) is 18.5 Å². The molecule has 0 aromatic heterocycles. The molecule has 0 N–H and O–H groups in total. The van der Waals surface area contributed by atoms with E-state index < -0.39 is 0 Å². The third-order valence-electron chi connectivity index (χ3n) is 2.11. The summed E-state index contributed by atoms with van der Waals surface area (Å²) in [5.41, 5.74) is 0.764. The van der Waals surface area contributed by atoms with E-state index in [1.807, 2.05) is 6.92 Å². The molecule has 0 aliphatic heterocycles. The van der Waals surface area contributed by atoms with Crippen molar-refractivity contribution in [2.24, 2.45) is 5.92 Å². The van der Waals surface area contributed by atoms with Crippen LogP contribution in [0.5, 0.6) is 0 Å². The molecule has 3 heteroatoms. The van der Waals surface area contributed by atoms with Gasteiger partial charge in [0.25, 0.3) is 0 Å². The molecule has 0 spiro atoms. The number of hydrogen-bond acceptors (Lipinski definition) is 1. The highest BCUT2D eigenvalue weighted by Crippen LogP contribution is 2.19.